The van der Waals surface area contributed by atoms with Crippen molar-refractivity contribution in [3.63, 3.8) is 0 Å². The predicted octanol–water partition coefficient (Wildman–Crippen LogP) is 1.35. The number of hydrogen-bond donors (Lipinski definition) is 1. The quantitative estimate of drug-likeness (QED) is 0.519. The van der Waals surface area contributed by atoms with E-state index >= 15 is 0 Å². The molecule has 0 aromatic carbocycles. The predicted molar refractivity (Wildman–Crippen MR) is 53.5 cm³/mol. The van der Waals surface area contributed by atoms with Crippen molar-refractivity contribution in [2.75, 3.05) is 13.7 Å². The second-order valence-electron chi connectivity index (χ2n) is 3.58. The summed E-state index contributed by atoms with van der Waals surface area (Å²) in [5.41, 5.74) is 1.01. The topological polar surface area (TPSA) is 38.3 Å². The lowest BCUT2D eigenvalue weighted by Gasteiger charge is -2.19. The van der Waals surface area contributed by atoms with E-state index < -0.39 is 0 Å². The first-order chi connectivity index (χ1) is 5.99. The van der Waals surface area contributed by atoms with Crippen molar-refractivity contribution in [2.24, 2.45) is 5.92 Å². The molecule has 0 aliphatic carbocycles. The van der Waals surface area contributed by atoms with E-state index in [1.54, 1.807) is 0 Å². The standard InChI is InChI=1S/C10H19NO2/c1-7(2)6-11-9(8(3)4)10(12)13-5/h8-9,11H,1,6H2,2-5H3. The van der Waals surface area contributed by atoms with E-state index in [9.17, 15) is 4.79 Å². The SMILES string of the molecule is C=C(C)CNC(C(=O)OC)C(C)C. The number of methoxy groups -OCH3 is 1. The third kappa shape index (κ3) is 4.68. The van der Waals surface area contributed by atoms with Gasteiger partial charge >= 0.3 is 5.97 Å². The van der Waals surface area contributed by atoms with Crippen molar-refractivity contribution in [3.8, 4) is 0 Å². The number of carbonyl (C=O) groups excluding carboxylic acids is 1. The summed E-state index contributed by atoms with van der Waals surface area (Å²) in [6.07, 6.45) is 0. The van der Waals surface area contributed by atoms with Crippen LogP contribution in [0.3, 0.4) is 0 Å². The molecule has 0 bridgehead atoms. The van der Waals surface area contributed by atoms with Crippen LogP contribution in [0.2, 0.25) is 0 Å². The van der Waals surface area contributed by atoms with Gasteiger partial charge in [-0.05, 0) is 12.8 Å². The Morgan fingerprint density at radius 1 is 1.54 bits per heavy atom. The van der Waals surface area contributed by atoms with Crippen LogP contribution in [0.1, 0.15) is 20.8 Å². The fraction of sp³-hybridized carbons (Fsp3) is 0.700. The first kappa shape index (κ1) is 12.2. The van der Waals surface area contributed by atoms with E-state index in [0.29, 0.717) is 6.54 Å². The molecule has 0 saturated heterocycles. The van der Waals surface area contributed by atoms with Gasteiger partial charge in [0.05, 0.1) is 7.11 Å². The molecule has 0 heterocycles. The Hall–Kier alpha value is -0.830. The summed E-state index contributed by atoms with van der Waals surface area (Å²) in [7, 11) is 1.40. The average molecular weight is 185 g/mol. The van der Waals surface area contributed by atoms with Crippen molar-refractivity contribution in [3.05, 3.63) is 12.2 Å². The number of nitrogens with one attached hydrogen (secondary N) is 1. The molecular formula is C10H19NO2. The Kier molecular flexibility index (Phi) is 5.39. The van der Waals surface area contributed by atoms with E-state index in [4.69, 9.17) is 0 Å². The lowest BCUT2D eigenvalue weighted by molar-refractivity contribution is -0.144. The second kappa shape index (κ2) is 5.75. The van der Waals surface area contributed by atoms with Gasteiger partial charge in [0, 0.05) is 6.54 Å². The largest absolute Gasteiger partial charge is 0.468 e. The van der Waals surface area contributed by atoms with Gasteiger partial charge in [0.15, 0.2) is 0 Å². The zero-order valence-corrected chi connectivity index (χ0v) is 8.89. The third-order valence-electron chi connectivity index (χ3n) is 1.75. The number of rotatable bonds is 5. The van der Waals surface area contributed by atoms with Gasteiger partial charge in [0.1, 0.15) is 6.04 Å². The van der Waals surface area contributed by atoms with Gasteiger partial charge in [-0.2, -0.15) is 0 Å². The van der Waals surface area contributed by atoms with Crippen molar-refractivity contribution >= 4 is 5.97 Å². The maximum atomic E-state index is 11.3. The van der Waals surface area contributed by atoms with E-state index in [2.05, 4.69) is 16.6 Å². The zero-order valence-electron chi connectivity index (χ0n) is 8.89. The maximum Gasteiger partial charge on any atom is 0.323 e. The molecule has 1 atom stereocenters. The molecule has 0 rings (SSSR count). The van der Waals surface area contributed by atoms with E-state index in [1.807, 2.05) is 20.8 Å². The fourth-order valence-electron chi connectivity index (χ4n) is 1.00. The maximum absolute atomic E-state index is 11.3. The second-order valence-corrected chi connectivity index (χ2v) is 3.58. The highest BCUT2D eigenvalue weighted by atomic mass is 16.5. The molecule has 1 N–H and O–H groups in total. The Morgan fingerprint density at radius 3 is 2.38 bits per heavy atom. The summed E-state index contributed by atoms with van der Waals surface area (Å²) in [6.45, 7) is 10.3. The van der Waals surface area contributed by atoms with E-state index in [-0.39, 0.29) is 17.9 Å². The first-order valence-corrected chi connectivity index (χ1v) is 4.44. The minimum Gasteiger partial charge on any atom is -0.468 e. The molecule has 13 heavy (non-hydrogen) atoms. The Balaban J connectivity index is 4.10. The van der Waals surface area contributed by atoms with Gasteiger partial charge in [-0.25, -0.2) is 0 Å². The summed E-state index contributed by atoms with van der Waals surface area (Å²) < 4.78 is 4.67. The van der Waals surface area contributed by atoms with Crippen LogP contribution >= 0.6 is 0 Å². The molecule has 0 aromatic heterocycles. The molecule has 0 aliphatic rings. The molecule has 3 nitrogen and oxygen atoms in total. The van der Waals surface area contributed by atoms with Crippen LogP contribution in [0, 0.1) is 5.92 Å². The van der Waals surface area contributed by atoms with Crippen molar-refractivity contribution in [1.29, 1.82) is 0 Å². The first-order valence-electron chi connectivity index (χ1n) is 4.44. The summed E-state index contributed by atoms with van der Waals surface area (Å²) in [5, 5.41) is 3.10. The fourth-order valence-corrected chi connectivity index (χ4v) is 1.00. The van der Waals surface area contributed by atoms with Gasteiger partial charge < -0.3 is 10.1 Å². The van der Waals surface area contributed by atoms with Gasteiger partial charge in [-0.1, -0.05) is 26.0 Å². The number of hydrogen-bond acceptors (Lipinski definition) is 3. The lowest BCUT2D eigenvalue weighted by Crippen LogP contribution is -2.42. The number of ether oxygens (including phenoxy) is 1. The van der Waals surface area contributed by atoms with Crippen LogP contribution in [-0.4, -0.2) is 25.7 Å². The Bertz CT molecular complexity index is 187. The molecular weight excluding hydrogens is 166 g/mol. The summed E-state index contributed by atoms with van der Waals surface area (Å²) in [5.74, 6) is 0.0167. The molecule has 0 aromatic rings. The monoisotopic (exact) mass is 185 g/mol. The highest BCUT2D eigenvalue weighted by molar-refractivity contribution is 5.75. The minimum atomic E-state index is -0.235. The lowest BCUT2D eigenvalue weighted by atomic mass is 10.0. The highest BCUT2D eigenvalue weighted by Crippen LogP contribution is 2.03. The van der Waals surface area contributed by atoms with Crippen LogP contribution in [0.25, 0.3) is 0 Å². The van der Waals surface area contributed by atoms with Crippen LogP contribution < -0.4 is 5.32 Å². The molecule has 0 saturated carbocycles. The molecule has 0 radical (unpaired) electrons. The average Bonchev–Trinajstić information content (AvgIpc) is 2.03. The van der Waals surface area contributed by atoms with Gasteiger partial charge in [-0.3, -0.25) is 4.79 Å². The van der Waals surface area contributed by atoms with E-state index in [0.717, 1.165) is 5.57 Å². The molecule has 0 fully saturated rings. The molecule has 0 amide bonds. The minimum absolute atomic E-state index is 0.212. The molecule has 1 unspecified atom stereocenters. The van der Waals surface area contributed by atoms with Gasteiger partial charge in [0.2, 0.25) is 0 Å². The summed E-state index contributed by atoms with van der Waals surface area (Å²) >= 11 is 0. The van der Waals surface area contributed by atoms with Crippen molar-refractivity contribution in [2.45, 2.75) is 26.8 Å². The van der Waals surface area contributed by atoms with Gasteiger partial charge in [0.25, 0.3) is 0 Å². The number of esters is 1. The molecule has 76 valence electrons. The Labute approximate surface area is 80.2 Å². The highest BCUT2D eigenvalue weighted by Gasteiger charge is 2.21. The summed E-state index contributed by atoms with van der Waals surface area (Å²) in [6, 6.07) is -0.235. The van der Waals surface area contributed by atoms with Crippen LogP contribution in [0.15, 0.2) is 12.2 Å². The molecule has 0 aliphatic heterocycles. The Morgan fingerprint density at radius 2 is 2.08 bits per heavy atom. The van der Waals surface area contributed by atoms with Crippen molar-refractivity contribution in [1.82, 2.24) is 5.32 Å². The van der Waals surface area contributed by atoms with Crippen LogP contribution in [-0.2, 0) is 9.53 Å². The van der Waals surface area contributed by atoms with Crippen LogP contribution in [0.5, 0.6) is 0 Å². The van der Waals surface area contributed by atoms with E-state index in [1.165, 1.54) is 7.11 Å². The molecule has 0 spiro atoms. The normalized spacial score (nSPS) is 12.7. The van der Waals surface area contributed by atoms with Crippen molar-refractivity contribution < 1.29 is 9.53 Å². The smallest absolute Gasteiger partial charge is 0.323 e. The van der Waals surface area contributed by atoms with Gasteiger partial charge in [-0.15, -0.1) is 0 Å². The molecule has 3 heteroatoms. The summed E-state index contributed by atoms with van der Waals surface area (Å²) in [4.78, 5) is 11.3. The zero-order chi connectivity index (χ0) is 10.4. The third-order valence-corrected chi connectivity index (χ3v) is 1.75. The number of carbonyl (C=O) groups is 1. The van der Waals surface area contributed by atoms with Crippen LogP contribution in [0.4, 0.5) is 0 Å².